The van der Waals surface area contributed by atoms with Gasteiger partial charge in [-0.3, -0.25) is 9.59 Å². The number of benzene rings is 2. The summed E-state index contributed by atoms with van der Waals surface area (Å²) in [5, 5.41) is 1.82. The van der Waals surface area contributed by atoms with Gasteiger partial charge < -0.3 is 5.32 Å². The van der Waals surface area contributed by atoms with Crippen molar-refractivity contribution in [3.63, 3.8) is 0 Å². The molecule has 1 saturated heterocycles. The van der Waals surface area contributed by atoms with Crippen LogP contribution < -0.4 is 10.2 Å². The van der Waals surface area contributed by atoms with Crippen LogP contribution in [-0.4, -0.2) is 24.4 Å². The molecule has 0 radical (unpaired) electrons. The van der Waals surface area contributed by atoms with Crippen molar-refractivity contribution in [1.82, 2.24) is 0 Å². The second kappa shape index (κ2) is 7.23. The van der Waals surface area contributed by atoms with Crippen molar-refractivity contribution in [2.75, 3.05) is 11.4 Å². The van der Waals surface area contributed by atoms with Gasteiger partial charge in [-0.25, -0.2) is 9.29 Å². The third-order valence-corrected chi connectivity index (χ3v) is 4.62. The van der Waals surface area contributed by atoms with Gasteiger partial charge in [0, 0.05) is 10.9 Å². The van der Waals surface area contributed by atoms with E-state index < -0.39 is 6.04 Å². The van der Waals surface area contributed by atoms with Crippen LogP contribution in [0.2, 0.25) is 0 Å². The summed E-state index contributed by atoms with van der Waals surface area (Å²) in [4.78, 5) is 25.9. The molecule has 24 heavy (non-hydrogen) atoms. The average molecular weight is 392 g/mol. The molecular weight excluding hydrogens is 375 g/mol. The number of nitrogens with zero attached hydrogens (tertiary/aromatic N) is 1. The van der Waals surface area contributed by atoms with E-state index in [1.165, 1.54) is 11.0 Å². The van der Waals surface area contributed by atoms with Crippen molar-refractivity contribution in [3.8, 4) is 0 Å². The summed E-state index contributed by atoms with van der Waals surface area (Å²) in [6, 6.07) is 13.2. The summed E-state index contributed by atoms with van der Waals surface area (Å²) in [5.41, 5.74) is 1.20. The van der Waals surface area contributed by atoms with Crippen molar-refractivity contribution >= 4 is 33.4 Å². The van der Waals surface area contributed by atoms with Gasteiger partial charge in [0.2, 0.25) is 5.91 Å². The normalized spacial score (nSPS) is 17.6. The van der Waals surface area contributed by atoms with Crippen molar-refractivity contribution in [2.24, 2.45) is 0 Å². The second-order valence-electron chi connectivity index (χ2n) is 5.72. The molecule has 0 saturated carbocycles. The lowest BCUT2D eigenvalue weighted by Crippen LogP contribution is -2.92. The second-order valence-corrected chi connectivity index (χ2v) is 6.64. The molecule has 2 N–H and O–H groups in total. The van der Waals surface area contributed by atoms with Gasteiger partial charge in [0.15, 0.2) is 6.04 Å². The lowest BCUT2D eigenvalue weighted by atomic mass is 10.1. The van der Waals surface area contributed by atoms with Gasteiger partial charge in [0.25, 0.3) is 5.91 Å². The molecule has 1 atom stereocenters. The number of hydrogen-bond acceptors (Lipinski definition) is 2. The molecule has 2 amide bonds. The molecule has 1 aliphatic heterocycles. The van der Waals surface area contributed by atoms with E-state index in [0.29, 0.717) is 24.2 Å². The molecule has 6 heteroatoms. The van der Waals surface area contributed by atoms with Crippen LogP contribution >= 0.6 is 15.9 Å². The fourth-order valence-corrected chi connectivity index (χ4v) is 3.11. The maximum atomic E-state index is 13.6. The van der Waals surface area contributed by atoms with Crippen LogP contribution in [0.4, 0.5) is 10.1 Å². The Labute approximate surface area is 147 Å². The Kier molecular flexibility index (Phi) is 5.06. The van der Waals surface area contributed by atoms with E-state index in [2.05, 4.69) is 15.9 Å². The van der Waals surface area contributed by atoms with Gasteiger partial charge in [-0.15, -0.1) is 0 Å². The minimum absolute atomic E-state index is 0.173. The number of imide groups is 1. The van der Waals surface area contributed by atoms with Crippen molar-refractivity contribution in [3.05, 3.63) is 64.4 Å². The summed E-state index contributed by atoms with van der Waals surface area (Å²) in [6.07, 6.45) is 0.690. The Balaban J connectivity index is 1.62. The Bertz CT molecular complexity index is 764. The zero-order valence-corrected chi connectivity index (χ0v) is 14.5. The highest BCUT2D eigenvalue weighted by Gasteiger charge is 2.42. The number of hydrogen-bond donors (Lipinski definition) is 1. The highest BCUT2D eigenvalue weighted by molar-refractivity contribution is 9.10. The third kappa shape index (κ3) is 3.55. The van der Waals surface area contributed by atoms with E-state index in [0.717, 1.165) is 4.47 Å². The van der Waals surface area contributed by atoms with Gasteiger partial charge in [-0.05, 0) is 35.9 Å². The zero-order valence-electron chi connectivity index (χ0n) is 12.9. The minimum Gasteiger partial charge on any atom is -0.335 e. The Morgan fingerprint density at radius 3 is 2.54 bits per heavy atom. The van der Waals surface area contributed by atoms with Crippen LogP contribution in [-0.2, 0) is 16.0 Å². The smallest absolute Gasteiger partial charge is 0.292 e. The largest absolute Gasteiger partial charge is 0.335 e. The van der Waals surface area contributed by atoms with Crippen molar-refractivity contribution in [2.45, 2.75) is 18.9 Å². The molecule has 0 aliphatic carbocycles. The maximum absolute atomic E-state index is 13.6. The fraction of sp³-hybridized carbons (Fsp3) is 0.222. The first-order valence-electron chi connectivity index (χ1n) is 7.75. The molecule has 0 unspecified atom stereocenters. The average Bonchev–Trinajstić information content (AvgIpc) is 2.84. The van der Waals surface area contributed by atoms with E-state index in [9.17, 15) is 14.0 Å². The molecule has 0 aromatic heterocycles. The quantitative estimate of drug-likeness (QED) is 0.792. The molecule has 3 rings (SSSR count). The number of carbonyl (C=O) groups is 2. The standard InChI is InChI=1S/C18H16BrFN2O2/c19-13-5-7-14(8-6-13)22-17(23)11-16(18(22)24)21-10-9-12-3-1-2-4-15(12)20/h1-8,16,21H,9-11H2/p+1/t16-/m1/s1. The zero-order chi connectivity index (χ0) is 17.1. The molecule has 1 aliphatic rings. The van der Waals surface area contributed by atoms with E-state index in [-0.39, 0.29) is 24.1 Å². The maximum Gasteiger partial charge on any atom is 0.292 e. The SMILES string of the molecule is O=C1C[C@@H]([NH2+]CCc2ccccc2F)C(=O)N1c1ccc(Br)cc1. The highest BCUT2D eigenvalue weighted by Crippen LogP contribution is 2.23. The van der Waals surface area contributed by atoms with E-state index in [4.69, 9.17) is 0 Å². The van der Waals surface area contributed by atoms with Crippen molar-refractivity contribution < 1.29 is 19.3 Å². The molecule has 1 heterocycles. The van der Waals surface area contributed by atoms with Gasteiger partial charge in [0.05, 0.1) is 18.7 Å². The Hall–Kier alpha value is -2.05. The molecule has 4 nitrogen and oxygen atoms in total. The summed E-state index contributed by atoms with van der Waals surface area (Å²) < 4.78 is 14.5. The lowest BCUT2D eigenvalue weighted by Gasteiger charge is -2.14. The van der Waals surface area contributed by atoms with Gasteiger partial charge in [-0.2, -0.15) is 0 Å². The first-order chi connectivity index (χ1) is 11.6. The first-order valence-corrected chi connectivity index (χ1v) is 8.54. The summed E-state index contributed by atoms with van der Waals surface area (Å²) in [7, 11) is 0. The van der Waals surface area contributed by atoms with E-state index in [1.54, 1.807) is 42.5 Å². The number of halogens is 2. The molecule has 0 bridgehead atoms. The predicted molar refractivity (Wildman–Crippen MR) is 91.9 cm³/mol. The molecular formula is C18H17BrFN2O2+. The first kappa shape index (κ1) is 16.8. The van der Waals surface area contributed by atoms with Crippen molar-refractivity contribution in [1.29, 1.82) is 0 Å². The third-order valence-electron chi connectivity index (χ3n) is 4.09. The van der Waals surface area contributed by atoms with Crippen LogP contribution in [0, 0.1) is 5.82 Å². The number of anilines is 1. The number of amides is 2. The topological polar surface area (TPSA) is 54.0 Å². The van der Waals surface area contributed by atoms with Crippen LogP contribution in [0.1, 0.15) is 12.0 Å². The molecule has 2 aromatic rings. The van der Waals surface area contributed by atoms with Gasteiger partial charge in [-0.1, -0.05) is 34.1 Å². The summed E-state index contributed by atoms with van der Waals surface area (Å²) >= 11 is 3.33. The molecule has 1 fully saturated rings. The minimum atomic E-state index is -0.437. The highest BCUT2D eigenvalue weighted by atomic mass is 79.9. The number of carbonyl (C=O) groups excluding carboxylic acids is 2. The summed E-state index contributed by atoms with van der Waals surface area (Å²) in [6.45, 7) is 0.554. The Morgan fingerprint density at radius 2 is 1.83 bits per heavy atom. The van der Waals surface area contributed by atoms with E-state index >= 15 is 0 Å². The van der Waals surface area contributed by atoms with Gasteiger partial charge in [0.1, 0.15) is 5.82 Å². The number of rotatable bonds is 5. The predicted octanol–water partition coefficient (Wildman–Crippen LogP) is 2.03. The lowest BCUT2D eigenvalue weighted by molar-refractivity contribution is -0.674. The monoisotopic (exact) mass is 391 g/mol. The van der Waals surface area contributed by atoms with Crippen LogP contribution in [0.25, 0.3) is 0 Å². The van der Waals surface area contributed by atoms with Crippen LogP contribution in [0.5, 0.6) is 0 Å². The number of quaternary nitrogens is 1. The van der Waals surface area contributed by atoms with Gasteiger partial charge >= 0.3 is 0 Å². The fourth-order valence-electron chi connectivity index (χ4n) is 2.84. The number of nitrogens with two attached hydrogens (primary N) is 1. The molecule has 0 spiro atoms. The van der Waals surface area contributed by atoms with E-state index in [1.807, 2.05) is 5.32 Å². The molecule has 2 aromatic carbocycles. The molecule has 124 valence electrons. The summed E-state index contributed by atoms with van der Waals surface area (Å²) in [5.74, 6) is -0.651. The Morgan fingerprint density at radius 1 is 1.12 bits per heavy atom. The van der Waals surface area contributed by atoms with Crippen LogP contribution in [0.15, 0.2) is 53.0 Å². The van der Waals surface area contributed by atoms with Crippen LogP contribution in [0.3, 0.4) is 0 Å².